The van der Waals surface area contributed by atoms with Gasteiger partial charge in [-0.1, -0.05) is 145 Å². The molecule has 8 nitrogen and oxygen atoms in total. The number of unbranched alkanes of at least 4 members (excludes halogenated alkanes) is 14. The van der Waals surface area contributed by atoms with Gasteiger partial charge in [-0.25, -0.2) is 0 Å². The van der Waals surface area contributed by atoms with Gasteiger partial charge in [-0.3, -0.25) is 9.36 Å². The van der Waals surface area contributed by atoms with Crippen molar-refractivity contribution in [3.63, 3.8) is 0 Å². The number of esters is 1. The molecule has 0 fully saturated rings. The van der Waals surface area contributed by atoms with E-state index in [4.69, 9.17) is 18.5 Å². The Morgan fingerprint density at radius 1 is 0.571 bits per heavy atom. The second-order valence-corrected chi connectivity index (χ2v) is 17.1. The van der Waals surface area contributed by atoms with Gasteiger partial charge in [0.25, 0.3) is 7.82 Å². The number of phosphoric ester groups is 1. The van der Waals surface area contributed by atoms with Crippen molar-refractivity contribution in [1.29, 1.82) is 0 Å². The molecule has 0 heterocycles. The lowest BCUT2D eigenvalue weighted by Crippen LogP contribution is -2.37. The topological polar surface area (TPSA) is 94.1 Å². The molecule has 0 aliphatic heterocycles. The molecule has 324 valence electrons. The molecule has 0 bridgehead atoms. The number of hydrogen-bond donors (Lipinski definition) is 0. The average Bonchev–Trinajstić information content (AvgIpc) is 3.15. The highest BCUT2D eigenvalue weighted by atomic mass is 31.2. The van der Waals surface area contributed by atoms with Gasteiger partial charge in [-0.2, -0.15) is 0 Å². The third-order valence-electron chi connectivity index (χ3n) is 8.99. The van der Waals surface area contributed by atoms with E-state index in [0.717, 1.165) is 83.5 Å². The molecule has 2 unspecified atom stereocenters. The molecule has 56 heavy (non-hydrogen) atoms. The van der Waals surface area contributed by atoms with Gasteiger partial charge >= 0.3 is 5.97 Å². The Morgan fingerprint density at radius 3 is 1.55 bits per heavy atom. The molecule has 0 spiro atoms. The van der Waals surface area contributed by atoms with E-state index in [9.17, 15) is 14.3 Å². The van der Waals surface area contributed by atoms with Gasteiger partial charge in [0.1, 0.15) is 19.3 Å². The standard InChI is InChI=1S/C47H84NO7P/c1-6-8-10-12-14-16-18-20-22-24-25-26-28-30-32-34-36-38-40-47(49)55-46(45-54-56(50,51)53-43-41-48(3,4)5)44-52-42-39-37-35-33-31-29-27-23-21-19-17-15-13-11-9-7-2/h9,11,15-18,21-24,29,31,46H,6-8,10,12-14,19-20,25-28,30,32-45H2,1-5H3/b11-9-,17-15-,18-16-,23-21-,24-22-,31-29-. The van der Waals surface area contributed by atoms with Gasteiger partial charge in [0.15, 0.2) is 0 Å². The highest BCUT2D eigenvalue weighted by Crippen LogP contribution is 2.38. The van der Waals surface area contributed by atoms with Crippen LogP contribution in [0.2, 0.25) is 0 Å². The van der Waals surface area contributed by atoms with Crippen LogP contribution >= 0.6 is 7.82 Å². The molecule has 0 rings (SSSR count). The van der Waals surface area contributed by atoms with E-state index in [2.05, 4.69) is 86.8 Å². The fraction of sp³-hybridized carbons (Fsp3) is 0.723. The van der Waals surface area contributed by atoms with Crippen LogP contribution < -0.4 is 4.89 Å². The first-order valence-corrected chi connectivity index (χ1v) is 23.6. The van der Waals surface area contributed by atoms with Crippen LogP contribution in [-0.2, 0) is 27.9 Å². The Morgan fingerprint density at radius 2 is 1.04 bits per heavy atom. The van der Waals surface area contributed by atoms with Crippen LogP contribution in [-0.4, -0.2) is 70.7 Å². The van der Waals surface area contributed by atoms with Gasteiger partial charge < -0.3 is 27.9 Å². The third kappa shape index (κ3) is 43.1. The van der Waals surface area contributed by atoms with Crippen LogP contribution in [0.1, 0.15) is 162 Å². The van der Waals surface area contributed by atoms with Crippen LogP contribution in [0.25, 0.3) is 0 Å². The van der Waals surface area contributed by atoms with E-state index in [1.54, 1.807) is 0 Å². The number of carbonyl (C=O) groups is 1. The molecule has 0 aromatic carbocycles. The molecule has 0 aliphatic carbocycles. The van der Waals surface area contributed by atoms with Crippen molar-refractivity contribution in [2.24, 2.45) is 0 Å². The third-order valence-corrected chi connectivity index (χ3v) is 9.96. The first-order chi connectivity index (χ1) is 27.1. The first kappa shape index (κ1) is 53.9. The summed E-state index contributed by atoms with van der Waals surface area (Å²) in [5, 5.41) is 0. The van der Waals surface area contributed by atoms with Gasteiger partial charge in [0.2, 0.25) is 0 Å². The Kier molecular flexibility index (Phi) is 38.3. The van der Waals surface area contributed by atoms with E-state index in [1.165, 1.54) is 57.8 Å². The zero-order chi connectivity index (χ0) is 41.3. The number of hydrogen-bond acceptors (Lipinski definition) is 7. The minimum Gasteiger partial charge on any atom is -0.756 e. The van der Waals surface area contributed by atoms with Gasteiger partial charge in [-0.05, 0) is 83.5 Å². The molecule has 2 atom stereocenters. The van der Waals surface area contributed by atoms with E-state index in [0.29, 0.717) is 24.1 Å². The lowest BCUT2D eigenvalue weighted by atomic mass is 10.1. The lowest BCUT2D eigenvalue weighted by Gasteiger charge is -2.28. The lowest BCUT2D eigenvalue weighted by molar-refractivity contribution is -0.870. The number of likely N-dealkylation sites (N-methyl/N-ethyl adjacent to an activating group) is 1. The molecule has 0 saturated carbocycles. The first-order valence-electron chi connectivity index (χ1n) is 22.2. The van der Waals surface area contributed by atoms with Crippen molar-refractivity contribution in [1.82, 2.24) is 0 Å². The second kappa shape index (κ2) is 39.8. The Labute approximate surface area is 344 Å². The Bertz CT molecular complexity index is 1120. The summed E-state index contributed by atoms with van der Waals surface area (Å²) in [6.07, 6.45) is 50.6. The number of phosphoric acid groups is 1. The number of nitrogens with zero attached hydrogens (tertiary/aromatic N) is 1. The number of ether oxygens (including phenoxy) is 2. The number of carbonyl (C=O) groups excluding carboxylic acids is 1. The Balaban J connectivity index is 4.32. The van der Waals surface area contributed by atoms with Crippen molar-refractivity contribution in [2.45, 2.75) is 168 Å². The molecule has 0 aliphatic rings. The summed E-state index contributed by atoms with van der Waals surface area (Å²) in [5.74, 6) is -0.357. The summed E-state index contributed by atoms with van der Waals surface area (Å²) < 4.78 is 34.5. The van der Waals surface area contributed by atoms with Crippen LogP contribution in [0.15, 0.2) is 72.9 Å². The molecule has 0 aromatic heterocycles. The normalized spacial score (nSPS) is 14.5. The van der Waals surface area contributed by atoms with Crippen LogP contribution in [0.3, 0.4) is 0 Å². The van der Waals surface area contributed by atoms with Crippen molar-refractivity contribution >= 4 is 13.8 Å². The molecule has 9 heteroatoms. The predicted molar refractivity (Wildman–Crippen MR) is 235 cm³/mol. The van der Waals surface area contributed by atoms with Gasteiger partial charge in [0, 0.05) is 13.0 Å². The molecule has 0 N–H and O–H groups in total. The average molecular weight is 806 g/mol. The molecule has 0 saturated heterocycles. The number of rotatable bonds is 40. The van der Waals surface area contributed by atoms with E-state index >= 15 is 0 Å². The fourth-order valence-corrected chi connectivity index (χ4v) is 6.29. The minimum atomic E-state index is -4.54. The summed E-state index contributed by atoms with van der Waals surface area (Å²) in [7, 11) is 1.32. The Hall–Kier alpha value is -2.06. The van der Waals surface area contributed by atoms with Crippen molar-refractivity contribution in [3.8, 4) is 0 Å². The summed E-state index contributed by atoms with van der Waals surface area (Å²) in [6, 6.07) is 0. The summed E-state index contributed by atoms with van der Waals surface area (Å²) >= 11 is 0. The van der Waals surface area contributed by atoms with Gasteiger partial charge in [-0.15, -0.1) is 0 Å². The van der Waals surface area contributed by atoms with Crippen LogP contribution in [0.5, 0.6) is 0 Å². The molecule has 0 amide bonds. The zero-order valence-electron chi connectivity index (χ0n) is 36.6. The highest BCUT2D eigenvalue weighted by Gasteiger charge is 2.20. The van der Waals surface area contributed by atoms with Crippen molar-refractivity contribution < 1.29 is 37.3 Å². The minimum absolute atomic E-state index is 0.0143. The monoisotopic (exact) mass is 806 g/mol. The SMILES string of the molecule is CC/C=C\C/C=C\C/C=C\C/C=C\CCCCCOCC(COP(=O)([O-])OCC[N+](C)(C)C)OC(=O)CCCCCCCCC/C=C\C/C=C\CCCCCC. The van der Waals surface area contributed by atoms with E-state index in [-0.39, 0.29) is 25.8 Å². The van der Waals surface area contributed by atoms with Crippen LogP contribution in [0, 0.1) is 0 Å². The van der Waals surface area contributed by atoms with E-state index < -0.39 is 13.9 Å². The van der Waals surface area contributed by atoms with Crippen molar-refractivity contribution in [2.75, 3.05) is 54.1 Å². The summed E-state index contributed by atoms with van der Waals surface area (Å²) in [5.41, 5.74) is 0. The quantitative estimate of drug-likeness (QED) is 0.0200. The maximum absolute atomic E-state index is 12.7. The molecule has 0 aromatic rings. The molecular weight excluding hydrogens is 721 g/mol. The smallest absolute Gasteiger partial charge is 0.306 e. The summed E-state index contributed by atoms with van der Waals surface area (Å²) in [6.45, 7) is 5.17. The largest absolute Gasteiger partial charge is 0.756 e. The van der Waals surface area contributed by atoms with E-state index in [1.807, 2.05) is 21.1 Å². The maximum Gasteiger partial charge on any atom is 0.306 e. The zero-order valence-corrected chi connectivity index (χ0v) is 37.5. The number of allylic oxidation sites excluding steroid dienone is 12. The van der Waals surface area contributed by atoms with Gasteiger partial charge in [0.05, 0.1) is 34.4 Å². The molecular formula is C47H84NO7P. The predicted octanol–water partition coefficient (Wildman–Crippen LogP) is 12.5. The van der Waals surface area contributed by atoms with Crippen molar-refractivity contribution in [3.05, 3.63) is 72.9 Å². The molecule has 0 radical (unpaired) electrons. The number of quaternary nitrogens is 1. The summed E-state index contributed by atoms with van der Waals surface area (Å²) in [4.78, 5) is 25.1. The second-order valence-electron chi connectivity index (χ2n) is 15.7. The maximum atomic E-state index is 12.7. The fourth-order valence-electron chi connectivity index (χ4n) is 5.57. The highest BCUT2D eigenvalue weighted by molar-refractivity contribution is 7.45. The van der Waals surface area contributed by atoms with Crippen LogP contribution in [0.4, 0.5) is 0 Å².